The van der Waals surface area contributed by atoms with Crippen molar-refractivity contribution in [3.8, 4) is 0 Å². The predicted molar refractivity (Wildman–Crippen MR) is 83.9 cm³/mol. The van der Waals surface area contributed by atoms with Gasteiger partial charge in [-0.1, -0.05) is 0 Å². The molecule has 0 spiro atoms. The van der Waals surface area contributed by atoms with E-state index in [1.165, 1.54) is 0 Å². The van der Waals surface area contributed by atoms with Crippen LogP contribution in [0.25, 0.3) is 0 Å². The lowest BCUT2D eigenvalue weighted by Crippen LogP contribution is -2.43. The van der Waals surface area contributed by atoms with Crippen molar-refractivity contribution in [1.29, 1.82) is 0 Å². The summed E-state index contributed by atoms with van der Waals surface area (Å²) >= 11 is 4.40. The maximum absolute atomic E-state index is 12.2. The Hall–Kier alpha value is -1.20. The van der Waals surface area contributed by atoms with Crippen LogP contribution in [0.2, 0.25) is 0 Å². The van der Waals surface area contributed by atoms with E-state index >= 15 is 0 Å². The molecule has 4 nitrogen and oxygen atoms in total. The van der Waals surface area contributed by atoms with Crippen LogP contribution in [0.3, 0.4) is 0 Å². The van der Waals surface area contributed by atoms with Crippen molar-refractivity contribution < 1.29 is 9.53 Å². The van der Waals surface area contributed by atoms with Crippen molar-refractivity contribution in [2.45, 2.75) is 31.3 Å². The number of hydrogen-bond acceptors (Lipinski definition) is 5. The number of thiol groups is 1. The lowest BCUT2D eigenvalue weighted by molar-refractivity contribution is 0.00693. The summed E-state index contributed by atoms with van der Waals surface area (Å²) in [6.07, 6.45) is 0. The molecule has 0 atom stereocenters. The summed E-state index contributed by atoms with van der Waals surface area (Å²) in [7, 11) is 0. The van der Waals surface area contributed by atoms with Crippen LogP contribution in [-0.4, -0.2) is 37.7 Å². The Morgan fingerprint density at radius 2 is 1.90 bits per heavy atom. The van der Waals surface area contributed by atoms with Gasteiger partial charge in [0.15, 0.2) is 0 Å². The highest BCUT2D eigenvalue weighted by Gasteiger charge is 2.20. The predicted octanol–water partition coefficient (Wildman–Crippen LogP) is 2.34. The first-order valence-electron chi connectivity index (χ1n) is 6.88. The van der Waals surface area contributed by atoms with Crippen LogP contribution >= 0.6 is 12.6 Å². The van der Waals surface area contributed by atoms with Gasteiger partial charge >= 0.3 is 5.97 Å². The van der Waals surface area contributed by atoms with Gasteiger partial charge < -0.3 is 15.0 Å². The molecule has 5 heteroatoms. The molecule has 1 heterocycles. The van der Waals surface area contributed by atoms with Gasteiger partial charge in [0, 0.05) is 36.8 Å². The Bertz CT molecular complexity index is 491. The number of piperazine rings is 1. The van der Waals surface area contributed by atoms with Crippen molar-refractivity contribution in [3.05, 3.63) is 23.8 Å². The van der Waals surface area contributed by atoms with Crippen LogP contribution in [0.5, 0.6) is 0 Å². The van der Waals surface area contributed by atoms with Crippen LogP contribution < -0.4 is 10.2 Å². The number of nitrogens with zero attached hydrogens (tertiary/aromatic N) is 1. The molecule has 1 aliphatic rings. The zero-order valence-corrected chi connectivity index (χ0v) is 13.2. The number of carbonyl (C=O) groups is 1. The SMILES string of the molecule is CC(C)(C)OC(=O)c1cc(S)cc(N2CCNCC2)c1. The molecule has 0 radical (unpaired) electrons. The van der Waals surface area contributed by atoms with Gasteiger partial charge in [-0.2, -0.15) is 0 Å². The fourth-order valence-electron chi connectivity index (χ4n) is 2.16. The average molecular weight is 294 g/mol. The molecule has 1 N–H and O–H groups in total. The third-order valence-electron chi connectivity index (χ3n) is 3.02. The van der Waals surface area contributed by atoms with Gasteiger partial charge in [0.25, 0.3) is 0 Å². The highest BCUT2D eigenvalue weighted by atomic mass is 32.1. The molecule has 20 heavy (non-hydrogen) atoms. The Labute approximate surface area is 125 Å². The first-order valence-corrected chi connectivity index (χ1v) is 7.33. The number of benzene rings is 1. The minimum Gasteiger partial charge on any atom is -0.456 e. The molecule has 0 bridgehead atoms. The second-order valence-electron chi connectivity index (χ2n) is 5.98. The van der Waals surface area contributed by atoms with Gasteiger partial charge in [0.2, 0.25) is 0 Å². The number of ether oxygens (including phenoxy) is 1. The van der Waals surface area contributed by atoms with Crippen LogP contribution in [-0.2, 0) is 4.74 Å². The number of nitrogens with one attached hydrogen (secondary N) is 1. The Morgan fingerprint density at radius 1 is 1.25 bits per heavy atom. The topological polar surface area (TPSA) is 41.6 Å². The first-order chi connectivity index (χ1) is 9.35. The van der Waals surface area contributed by atoms with E-state index in [1.54, 1.807) is 6.07 Å². The minimum atomic E-state index is -0.487. The number of anilines is 1. The third-order valence-corrected chi connectivity index (χ3v) is 3.28. The van der Waals surface area contributed by atoms with Gasteiger partial charge in [-0.25, -0.2) is 4.79 Å². The number of hydrogen-bond donors (Lipinski definition) is 2. The second-order valence-corrected chi connectivity index (χ2v) is 6.49. The van der Waals surface area contributed by atoms with Crippen LogP contribution in [0, 0.1) is 0 Å². The molecular weight excluding hydrogens is 272 g/mol. The van der Waals surface area contributed by atoms with Crippen molar-refractivity contribution >= 4 is 24.3 Å². The fraction of sp³-hybridized carbons (Fsp3) is 0.533. The molecule has 1 fully saturated rings. The molecule has 0 aliphatic carbocycles. The Morgan fingerprint density at radius 3 is 2.50 bits per heavy atom. The normalized spacial score (nSPS) is 16.1. The monoisotopic (exact) mass is 294 g/mol. The quantitative estimate of drug-likeness (QED) is 0.649. The average Bonchev–Trinajstić information content (AvgIpc) is 2.37. The molecule has 1 saturated heterocycles. The number of carbonyl (C=O) groups excluding carboxylic acids is 1. The van der Waals surface area contributed by atoms with Crippen molar-refractivity contribution in [1.82, 2.24) is 5.32 Å². The zero-order valence-electron chi connectivity index (χ0n) is 12.3. The van der Waals surface area contributed by atoms with Crippen molar-refractivity contribution in [2.24, 2.45) is 0 Å². The molecule has 1 aliphatic heterocycles. The second kappa shape index (κ2) is 6.06. The van der Waals surface area contributed by atoms with Gasteiger partial charge in [-0.15, -0.1) is 12.6 Å². The van der Waals surface area contributed by atoms with E-state index in [-0.39, 0.29) is 5.97 Å². The van der Waals surface area contributed by atoms with Crippen LogP contribution in [0.1, 0.15) is 31.1 Å². The van der Waals surface area contributed by atoms with E-state index in [2.05, 4.69) is 22.8 Å². The largest absolute Gasteiger partial charge is 0.456 e. The molecule has 0 unspecified atom stereocenters. The summed E-state index contributed by atoms with van der Waals surface area (Å²) in [5.74, 6) is -0.301. The van der Waals surface area contributed by atoms with E-state index in [0.717, 1.165) is 36.8 Å². The van der Waals surface area contributed by atoms with Gasteiger partial charge in [0.05, 0.1) is 5.56 Å². The van der Waals surface area contributed by atoms with E-state index in [9.17, 15) is 4.79 Å². The van der Waals surface area contributed by atoms with E-state index < -0.39 is 5.60 Å². The standard InChI is InChI=1S/C15H22N2O2S/c1-15(2,3)19-14(18)11-8-12(10-13(20)9-11)17-6-4-16-5-7-17/h8-10,16,20H,4-7H2,1-3H3. The van der Waals surface area contributed by atoms with E-state index in [4.69, 9.17) is 4.74 Å². The Balaban J connectivity index is 2.21. The van der Waals surface area contributed by atoms with Crippen LogP contribution in [0.4, 0.5) is 5.69 Å². The van der Waals surface area contributed by atoms with Crippen molar-refractivity contribution in [3.63, 3.8) is 0 Å². The maximum Gasteiger partial charge on any atom is 0.338 e. The summed E-state index contributed by atoms with van der Waals surface area (Å²) in [4.78, 5) is 15.2. The summed E-state index contributed by atoms with van der Waals surface area (Å²) in [6.45, 7) is 9.39. The van der Waals surface area contributed by atoms with Crippen molar-refractivity contribution in [2.75, 3.05) is 31.1 Å². The molecule has 1 aromatic carbocycles. The summed E-state index contributed by atoms with van der Waals surface area (Å²) < 4.78 is 5.42. The highest BCUT2D eigenvalue weighted by Crippen LogP contribution is 2.23. The van der Waals surface area contributed by atoms with E-state index in [0.29, 0.717) is 5.56 Å². The molecular formula is C15H22N2O2S. The molecule has 2 rings (SSSR count). The number of esters is 1. The molecule has 1 aromatic rings. The summed E-state index contributed by atoms with van der Waals surface area (Å²) in [6, 6.07) is 5.63. The van der Waals surface area contributed by atoms with Crippen LogP contribution in [0.15, 0.2) is 23.1 Å². The first kappa shape index (κ1) is 15.2. The van der Waals surface area contributed by atoms with Gasteiger partial charge in [0.1, 0.15) is 5.60 Å². The van der Waals surface area contributed by atoms with Gasteiger partial charge in [-0.3, -0.25) is 0 Å². The smallest absolute Gasteiger partial charge is 0.338 e. The molecule has 0 saturated carbocycles. The summed E-state index contributed by atoms with van der Waals surface area (Å²) in [5, 5.41) is 3.32. The molecule has 0 amide bonds. The maximum atomic E-state index is 12.2. The minimum absolute atomic E-state index is 0.301. The lowest BCUT2D eigenvalue weighted by Gasteiger charge is -2.30. The Kier molecular flexibility index (Phi) is 4.60. The highest BCUT2D eigenvalue weighted by molar-refractivity contribution is 7.80. The third kappa shape index (κ3) is 4.15. The zero-order chi connectivity index (χ0) is 14.8. The number of rotatable bonds is 2. The lowest BCUT2D eigenvalue weighted by atomic mass is 10.1. The fourth-order valence-corrected chi connectivity index (χ4v) is 2.43. The molecule has 110 valence electrons. The summed E-state index contributed by atoms with van der Waals surface area (Å²) in [5.41, 5.74) is 1.10. The molecule has 0 aromatic heterocycles. The van der Waals surface area contributed by atoms with E-state index in [1.807, 2.05) is 32.9 Å². The van der Waals surface area contributed by atoms with Gasteiger partial charge in [-0.05, 0) is 39.0 Å².